The predicted octanol–water partition coefficient (Wildman–Crippen LogP) is 0.145. The monoisotopic (exact) mass is 514 g/mol. The van der Waals surface area contributed by atoms with Crippen LogP contribution < -0.4 is 16.0 Å². The normalized spacial score (nSPS) is 27.1. The van der Waals surface area contributed by atoms with Gasteiger partial charge in [-0.3, -0.25) is 24.1 Å². The summed E-state index contributed by atoms with van der Waals surface area (Å²) in [5, 5.41) is 47.2. The van der Waals surface area contributed by atoms with Crippen LogP contribution >= 0.6 is 0 Å². The Morgan fingerprint density at radius 1 is 1.14 bits per heavy atom. The van der Waals surface area contributed by atoms with Crippen LogP contribution in [-0.2, 0) is 20.8 Å². The van der Waals surface area contributed by atoms with Crippen molar-refractivity contribution >= 4 is 34.8 Å². The molecule has 0 saturated heterocycles. The van der Waals surface area contributed by atoms with Crippen molar-refractivity contribution in [2.24, 2.45) is 17.6 Å². The number of nitrogens with zero attached hydrogens (tertiary/aromatic N) is 2. The molecule has 0 aromatic heterocycles. The van der Waals surface area contributed by atoms with Gasteiger partial charge >= 0.3 is 0 Å². The van der Waals surface area contributed by atoms with Crippen molar-refractivity contribution in [3.8, 4) is 5.75 Å². The number of likely N-dealkylation sites (N-methyl/N-ethyl adjacent to an activating group) is 1. The van der Waals surface area contributed by atoms with Crippen LogP contribution in [0.2, 0.25) is 0 Å². The number of nitrogens with one attached hydrogen (secondary N) is 1. The van der Waals surface area contributed by atoms with Crippen LogP contribution in [0.25, 0.3) is 0 Å². The van der Waals surface area contributed by atoms with E-state index in [2.05, 4.69) is 5.32 Å². The van der Waals surface area contributed by atoms with Gasteiger partial charge in [0, 0.05) is 38.2 Å². The lowest BCUT2D eigenvalue weighted by atomic mass is 9.58. The second kappa shape index (κ2) is 8.60. The topological polar surface area (TPSA) is 194 Å². The van der Waals surface area contributed by atoms with Crippen molar-refractivity contribution in [2.45, 2.75) is 31.4 Å². The number of phenolic OH excluding ortho intramolecular Hbond substituents is 1. The van der Waals surface area contributed by atoms with E-state index in [1.165, 1.54) is 17.9 Å². The van der Waals surface area contributed by atoms with E-state index in [4.69, 9.17) is 5.73 Å². The van der Waals surface area contributed by atoms with Crippen molar-refractivity contribution in [3.05, 3.63) is 39.9 Å². The second-order valence-corrected chi connectivity index (χ2v) is 10.2. The molecule has 198 valence electrons. The summed E-state index contributed by atoms with van der Waals surface area (Å²) in [4.78, 5) is 54.1. The fraction of sp³-hybridized carbons (Fsp3) is 0.440. The summed E-state index contributed by atoms with van der Waals surface area (Å²) in [5.74, 6) is -7.74. The average molecular weight is 515 g/mol. The summed E-state index contributed by atoms with van der Waals surface area (Å²) in [7, 11) is 6.60. The number of aliphatic hydroxyl groups excluding tert-OH is 2. The lowest BCUT2D eigenvalue weighted by molar-refractivity contribution is -0.148. The zero-order valence-electron chi connectivity index (χ0n) is 21.1. The predicted molar refractivity (Wildman–Crippen MR) is 132 cm³/mol. The van der Waals surface area contributed by atoms with E-state index >= 15 is 0 Å². The van der Waals surface area contributed by atoms with Gasteiger partial charge in [-0.25, -0.2) is 0 Å². The molecule has 0 fully saturated rings. The Balaban J connectivity index is 1.99. The number of fused-ring (bicyclic) bond motifs is 3. The van der Waals surface area contributed by atoms with Gasteiger partial charge in [0.05, 0.1) is 17.3 Å². The van der Waals surface area contributed by atoms with E-state index < -0.39 is 69.7 Å². The lowest BCUT2D eigenvalue weighted by Crippen LogP contribution is -2.63. The van der Waals surface area contributed by atoms with Crippen molar-refractivity contribution in [1.82, 2.24) is 4.90 Å². The second-order valence-electron chi connectivity index (χ2n) is 10.2. The van der Waals surface area contributed by atoms with Crippen LogP contribution in [0.15, 0.2) is 28.7 Å². The minimum absolute atomic E-state index is 0.00710. The van der Waals surface area contributed by atoms with E-state index in [0.717, 1.165) is 0 Å². The number of primary amides is 1. The van der Waals surface area contributed by atoms with Crippen molar-refractivity contribution in [1.29, 1.82) is 0 Å². The smallest absolute Gasteiger partial charge is 0.255 e. The molecular weight excluding hydrogens is 484 g/mol. The van der Waals surface area contributed by atoms with E-state index in [1.807, 2.05) is 0 Å². The molecule has 3 aliphatic carbocycles. The Bertz CT molecular complexity index is 1330. The standard InChI is InChI=1S/C25H30N4O8/c1-9(30)27-13-8-14(28(2)3)11-6-10-7-12-18(29(4)5)21(33)17(24(26)36)23(35)25(12,37)22(34)15(10)20(32)16(11)19(13)31/h8,10,12,18,31,33-34,37H,6-7H2,1-5H3,(H2,26,36)(H,27,30)/t10?,12?,18-,25?/m0/s1. The number of rotatable bonds is 4. The average Bonchev–Trinajstić information content (AvgIpc) is 2.77. The Morgan fingerprint density at radius 2 is 1.76 bits per heavy atom. The highest BCUT2D eigenvalue weighted by molar-refractivity contribution is 6.25. The van der Waals surface area contributed by atoms with Crippen LogP contribution in [0, 0.1) is 11.8 Å². The fourth-order valence-corrected chi connectivity index (χ4v) is 5.98. The molecule has 3 aliphatic rings. The first-order chi connectivity index (χ1) is 17.1. The first-order valence-corrected chi connectivity index (χ1v) is 11.6. The first-order valence-electron chi connectivity index (χ1n) is 11.6. The van der Waals surface area contributed by atoms with Gasteiger partial charge in [0.1, 0.15) is 17.1 Å². The number of carbonyl (C=O) groups is 4. The summed E-state index contributed by atoms with van der Waals surface area (Å²) in [5.41, 5.74) is 2.33. The SMILES string of the molecule is CC(=O)Nc1cc(N(C)C)c2c(c1O)C(=O)C1=C(O)C3(O)C(=O)C(C(N)=O)=C(O)[C@@H](N(C)C)C3CC1C2. The summed E-state index contributed by atoms with van der Waals surface area (Å²) >= 11 is 0. The maximum absolute atomic E-state index is 13.8. The maximum atomic E-state index is 13.8. The Hall–Kier alpha value is -3.90. The van der Waals surface area contributed by atoms with Crippen LogP contribution in [0.4, 0.5) is 11.4 Å². The zero-order chi connectivity index (χ0) is 27.7. The number of amides is 2. The Labute approximate surface area is 212 Å². The number of aliphatic hydroxyl groups is 3. The van der Waals surface area contributed by atoms with Crippen LogP contribution in [0.3, 0.4) is 0 Å². The highest BCUT2D eigenvalue weighted by Crippen LogP contribution is 2.53. The summed E-state index contributed by atoms with van der Waals surface area (Å²) in [6, 6.07) is 0.478. The van der Waals surface area contributed by atoms with Crippen molar-refractivity contribution < 1.29 is 39.6 Å². The van der Waals surface area contributed by atoms with Crippen molar-refractivity contribution in [3.63, 3.8) is 0 Å². The zero-order valence-corrected chi connectivity index (χ0v) is 21.1. The third-order valence-electron chi connectivity index (χ3n) is 7.49. The Kier molecular flexibility index (Phi) is 6.08. The fourth-order valence-electron chi connectivity index (χ4n) is 5.98. The highest BCUT2D eigenvalue weighted by atomic mass is 16.3. The number of hydrogen-bond donors (Lipinski definition) is 6. The van der Waals surface area contributed by atoms with Gasteiger partial charge in [-0.1, -0.05) is 0 Å². The molecule has 4 atom stereocenters. The molecule has 2 amide bonds. The molecule has 0 bridgehead atoms. The number of ketones is 2. The van der Waals surface area contributed by atoms with Crippen LogP contribution in [0.5, 0.6) is 5.75 Å². The molecule has 0 heterocycles. The van der Waals surface area contributed by atoms with Crippen LogP contribution in [-0.4, -0.2) is 88.5 Å². The largest absolute Gasteiger partial charge is 0.510 e. The molecule has 3 unspecified atom stereocenters. The third-order valence-corrected chi connectivity index (χ3v) is 7.49. The molecule has 0 aliphatic heterocycles. The number of anilines is 2. The van der Waals surface area contributed by atoms with E-state index in [1.54, 1.807) is 33.1 Å². The molecule has 1 aromatic carbocycles. The van der Waals surface area contributed by atoms with Gasteiger partial charge < -0.3 is 36.4 Å². The highest BCUT2D eigenvalue weighted by Gasteiger charge is 2.63. The number of phenols is 1. The lowest BCUT2D eigenvalue weighted by Gasteiger charge is -2.50. The van der Waals surface area contributed by atoms with Gasteiger partial charge in [-0.2, -0.15) is 0 Å². The molecular formula is C25H30N4O8. The molecule has 0 saturated carbocycles. The van der Waals surface area contributed by atoms with E-state index in [0.29, 0.717) is 11.3 Å². The summed E-state index contributed by atoms with van der Waals surface area (Å²) < 4.78 is 0. The first kappa shape index (κ1) is 26.2. The molecule has 0 radical (unpaired) electrons. The van der Waals surface area contributed by atoms with Gasteiger partial charge in [-0.05, 0) is 44.5 Å². The third kappa shape index (κ3) is 3.58. The van der Waals surface area contributed by atoms with Crippen LogP contribution in [0.1, 0.15) is 29.3 Å². The number of carbonyl (C=O) groups excluding carboxylic acids is 4. The number of hydrogen-bond acceptors (Lipinski definition) is 10. The van der Waals surface area contributed by atoms with Gasteiger partial charge in [-0.15, -0.1) is 0 Å². The quantitative estimate of drug-likeness (QED) is 0.238. The maximum Gasteiger partial charge on any atom is 0.255 e. The molecule has 37 heavy (non-hydrogen) atoms. The minimum Gasteiger partial charge on any atom is -0.510 e. The molecule has 0 spiro atoms. The molecule has 12 nitrogen and oxygen atoms in total. The van der Waals surface area contributed by atoms with Gasteiger partial charge in [0.25, 0.3) is 5.91 Å². The summed E-state index contributed by atoms with van der Waals surface area (Å²) in [6.07, 6.45) is 0.142. The number of allylic oxidation sites excluding steroid dienone is 1. The molecule has 7 N–H and O–H groups in total. The summed E-state index contributed by atoms with van der Waals surface area (Å²) in [6.45, 7) is 1.24. The van der Waals surface area contributed by atoms with Gasteiger partial charge in [0.2, 0.25) is 11.7 Å². The van der Waals surface area contributed by atoms with E-state index in [9.17, 15) is 39.6 Å². The molecule has 12 heteroatoms. The van der Waals surface area contributed by atoms with E-state index in [-0.39, 0.29) is 29.7 Å². The molecule has 1 aromatic rings. The van der Waals surface area contributed by atoms with Crippen molar-refractivity contribution in [2.75, 3.05) is 38.4 Å². The number of aromatic hydroxyl groups is 1. The number of nitrogens with two attached hydrogens (primary N) is 1. The number of Topliss-reactive ketones (excluding diaryl/α,β-unsaturated/α-hetero) is 2. The van der Waals surface area contributed by atoms with Gasteiger partial charge in [0.15, 0.2) is 17.1 Å². The Morgan fingerprint density at radius 3 is 2.27 bits per heavy atom. The molecule has 4 rings (SSSR count). The number of benzene rings is 1. The minimum atomic E-state index is -2.71.